The summed E-state index contributed by atoms with van der Waals surface area (Å²) in [5, 5.41) is 3.28. The fourth-order valence-corrected chi connectivity index (χ4v) is 2.25. The SMILES string of the molecule is Cc1ccc(NC(=O)c2cc(Cl)ccc2NN)cc1Br. The Morgan fingerprint density at radius 2 is 2.00 bits per heavy atom. The number of hydrogen-bond donors (Lipinski definition) is 3. The van der Waals surface area contributed by atoms with Crippen molar-refractivity contribution in [3.8, 4) is 0 Å². The van der Waals surface area contributed by atoms with E-state index in [0.29, 0.717) is 22.0 Å². The van der Waals surface area contributed by atoms with Gasteiger partial charge in [-0.05, 0) is 42.8 Å². The zero-order chi connectivity index (χ0) is 14.7. The van der Waals surface area contributed by atoms with Crippen LogP contribution >= 0.6 is 27.5 Å². The normalized spacial score (nSPS) is 10.2. The van der Waals surface area contributed by atoms with Crippen molar-refractivity contribution >= 4 is 44.8 Å². The first-order valence-electron chi connectivity index (χ1n) is 5.85. The second kappa shape index (κ2) is 6.26. The number of aryl methyl sites for hydroxylation is 1. The molecule has 0 aromatic heterocycles. The number of rotatable bonds is 3. The number of anilines is 2. The average molecular weight is 355 g/mol. The Kier molecular flexibility index (Phi) is 4.65. The van der Waals surface area contributed by atoms with E-state index in [0.717, 1.165) is 10.0 Å². The Morgan fingerprint density at radius 3 is 2.65 bits per heavy atom. The number of hydrogen-bond acceptors (Lipinski definition) is 3. The highest BCUT2D eigenvalue weighted by Crippen LogP contribution is 2.24. The summed E-state index contributed by atoms with van der Waals surface area (Å²) < 4.78 is 0.929. The molecule has 0 spiro atoms. The molecule has 2 rings (SSSR count). The third-order valence-corrected chi connectivity index (χ3v) is 3.90. The largest absolute Gasteiger partial charge is 0.323 e. The lowest BCUT2D eigenvalue weighted by Gasteiger charge is -2.11. The van der Waals surface area contributed by atoms with Crippen molar-refractivity contribution in [2.24, 2.45) is 5.84 Å². The van der Waals surface area contributed by atoms with Crippen LogP contribution in [0.5, 0.6) is 0 Å². The van der Waals surface area contributed by atoms with Crippen LogP contribution in [0.1, 0.15) is 15.9 Å². The lowest BCUT2D eigenvalue weighted by atomic mass is 10.1. The molecule has 0 unspecified atom stereocenters. The van der Waals surface area contributed by atoms with Gasteiger partial charge in [0.1, 0.15) is 0 Å². The van der Waals surface area contributed by atoms with E-state index in [9.17, 15) is 4.79 Å². The number of amides is 1. The summed E-state index contributed by atoms with van der Waals surface area (Å²) in [6.45, 7) is 1.98. The molecule has 0 radical (unpaired) electrons. The zero-order valence-electron chi connectivity index (χ0n) is 10.7. The molecule has 0 saturated carbocycles. The van der Waals surface area contributed by atoms with Crippen molar-refractivity contribution in [1.82, 2.24) is 0 Å². The summed E-state index contributed by atoms with van der Waals surface area (Å²) in [6.07, 6.45) is 0. The molecule has 2 aromatic rings. The summed E-state index contributed by atoms with van der Waals surface area (Å²) in [4.78, 5) is 12.3. The minimum Gasteiger partial charge on any atom is -0.323 e. The van der Waals surface area contributed by atoms with Crippen molar-refractivity contribution < 1.29 is 4.79 Å². The first-order valence-corrected chi connectivity index (χ1v) is 7.02. The van der Waals surface area contributed by atoms with Gasteiger partial charge in [0, 0.05) is 15.2 Å². The highest BCUT2D eigenvalue weighted by molar-refractivity contribution is 9.10. The van der Waals surface area contributed by atoms with Crippen LogP contribution in [0.4, 0.5) is 11.4 Å². The van der Waals surface area contributed by atoms with E-state index >= 15 is 0 Å². The molecule has 0 aliphatic carbocycles. The molecule has 0 aliphatic heterocycles. The van der Waals surface area contributed by atoms with Gasteiger partial charge in [-0.25, -0.2) is 0 Å². The van der Waals surface area contributed by atoms with Crippen LogP contribution in [0.15, 0.2) is 40.9 Å². The maximum atomic E-state index is 12.3. The number of nitrogen functional groups attached to an aromatic ring is 1. The van der Waals surface area contributed by atoms with Gasteiger partial charge in [0.2, 0.25) is 0 Å². The van der Waals surface area contributed by atoms with Crippen molar-refractivity contribution in [3.63, 3.8) is 0 Å². The molecule has 4 nitrogen and oxygen atoms in total. The molecule has 0 aliphatic rings. The predicted octanol–water partition coefficient (Wildman–Crippen LogP) is 3.95. The second-order valence-electron chi connectivity index (χ2n) is 4.25. The molecule has 0 heterocycles. The Bertz CT molecular complexity index is 661. The minimum absolute atomic E-state index is 0.281. The number of carbonyl (C=O) groups excluding carboxylic acids is 1. The first kappa shape index (κ1) is 14.8. The van der Waals surface area contributed by atoms with Crippen LogP contribution in [0.25, 0.3) is 0 Å². The Hall–Kier alpha value is -1.56. The lowest BCUT2D eigenvalue weighted by molar-refractivity contribution is 0.102. The van der Waals surface area contributed by atoms with Crippen molar-refractivity contribution in [3.05, 3.63) is 57.0 Å². The fraction of sp³-hybridized carbons (Fsp3) is 0.0714. The second-order valence-corrected chi connectivity index (χ2v) is 5.54. The number of nitrogens with one attached hydrogen (secondary N) is 2. The quantitative estimate of drug-likeness (QED) is 0.577. The monoisotopic (exact) mass is 353 g/mol. The van der Waals surface area contributed by atoms with E-state index in [1.807, 2.05) is 25.1 Å². The van der Waals surface area contributed by atoms with Gasteiger partial charge < -0.3 is 10.7 Å². The van der Waals surface area contributed by atoms with E-state index in [4.69, 9.17) is 17.4 Å². The first-order chi connectivity index (χ1) is 9.51. The summed E-state index contributed by atoms with van der Waals surface area (Å²) in [5.74, 6) is 5.11. The van der Waals surface area contributed by atoms with Gasteiger partial charge >= 0.3 is 0 Å². The van der Waals surface area contributed by atoms with Gasteiger partial charge in [-0.2, -0.15) is 0 Å². The van der Waals surface area contributed by atoms with Crippen LogP contribution in [0.2, 0.25) is 5.02 Å². The van der Waals surface area contributed by atoms with Crippen LogP contribution < -0.4 is 16.6 Å². The molecule has 2 aromatic carbocycles. The number of nitrogens with two attached hydrogens (primary N) is 1. The van der Waals surface area contributed by atoms with Gasteiger partial charge in [0.15, 0.2) is 0 Å². The third-order valence-electron chi connectivity index (χ3n) is 2.81. The average Bonchev–Trinajstić information content (AvgIpc) is 2.43. The molecule has 6 heteroatoms. The molecule has 4 N–H and O–H groups in total. The van der Waals surface area contributed by atoms with Gasteiger partial charge in [-0.15, -0.1) is 0 Å². The number of hydrazine groups is 1. The highest BCUT2D eigenvalue weighted by Gasteiger charge is 2.12. The maximum absolute atomic E-state index is 12.3. The Morgan fingerprint density at radius 1 is 1.25 bits per heavy atom. The van der Waals surface area contributed by atoms with E-state index in [1.165, 1.54) is 0 Å². The standard InChI is InChI=1S/C14H13BrClN3O/c1-8-2-4-10(7-12(8)15)18-14(20)11-6-9(16)3-5-13(11)19-17/h2-7,19H,17H2,1H3,(H,18,20). The summed E-state index contributed by atoms with van der Waals surface area (Å²) >= 11 is 9.34. The van der Waals surface area contributed by atoms with E-state index in [2.05, 4.69) is 26.7 Å². The molecule has 104 valence electrons. The van der Waals surface area contributed by atoms with E-state index in [1.54, 1.807) is 18.2 Å². The van der Waals surface area contributed by atoms with Crippen LogP contribution in [0.3, 0.4) is 0 Å². The fourth-order valence-electron chi connectivity index (χ4n) is 1.70. The zero-order valence-corrected chi connectivity index (χ0v) is 13.0. The molecular weight excluding hydrogens is 342 g/mol. The van der Waals surface area contributed by atoms with Crippen LogP contribution in [-0.2, 0) is 0 Å². The number of carbonyl (C=O) groups is 1. The van der Waals surface area contributed by atoms with Crippen LogP contribution in [0, 0.1) is 6.92 Å². The van der Waals surface area contributed by atoms with Gasteiger partial charge in [0.25, 0.3) is 5.91 Å². The van der Waals surface area contributed by atoms with Gasteiger partial charge in [-0.1, -0.05) is 33.6 Å². The summed E-state index contributed by atoms with van der Waals surface area (Å²) in [7, 11) is 0. The molecule has 0 fully saturated rings. The number of halogens is 2. The summed E-state index contributed by atoms with van der Waals surface area (Å²) in [6, 6.07) is 10.5. The highest BCUT2D eigenvalue weighted by atomic mass is 79.9. The van der Waals surface area contributed by atoms with E-state index < -0.39 is 0 Å². The molecule has 0 saturated heterocycles. The molecular formula is C14H13BrClN3O. The number of benzene rings is 2. The van der Waals surface area contributed by atoms with Crippen molar-refractivity contribution in [1.29, 1.82) is 0 Å². The topological polar surface area (TPSA) is 67.2 Å². The molecule has 1 amide bonds. The molecule has 20 heavy (non-hydrogen) atoms. The van der Waals surface area contributed by atoms with Gasteiger partial charge in [-0.3, -0.25) is 10.6 Å². The lowest BCUT2D eigenvalue weighted by Crippen LogP contribution is -2.17. The smallest absolute Gasteiger partial charge is 0.257 e. The minimum atomic E-state index is -0.281. The Labute approximate surface area is 130 Å². The molecule has 0 bridgehead atoms. The third kappa shape index (κ3) is 3.30. The van der Waals surface area contributed by atoms with Gasteiger partial charge in [0.05, 0.1) is 11.3 Å². The Balaban J connectivity index is 2.27. The molecule has 0 atom stereocenters. The van der Waals surface area contributed by atoms with Crippen LogP contribution in [-0.4, -0.2) is 5.91 Å². The summed E-state index contributed by atoms with van der Waals surface area (Å²) in [5.41, 5.74) is 5.16. The van der Waals surface area contributed by atoms with Crippen molar-refractivity contribution in [2.45, 2.75) is 6.92 Å². The maximum Gasteiger partial charge on any atom is 0.257 e. The van der Waals surface area contributed by atoms with Crippen molar-refractivity contribution in [2.75, 3.05) is 10.7 Å². The predicted molar refractivity (Wildman–Crippen MR) is 86.1 cm³/mol. The van der Waals surface area contributed by atoms with E-state index in [-0.39, 0.29) is 5.91 Å².